The Bertz CT molecular complexity index is 343. The second-order valence-corrected chi connectivity index (χ2v) is 5.10. The summed E-state index contributed by atoms with van der Waals surface area (Å²) in [4.78, 5) is 0. The van der Waals surface area contributed by atoms with Crippen LogP contribution in [0, 0.1) is 24.2 Å². The summed E-state index contributed by atoms with van der Waals surface area (Å²) in [5.74, 6) is 7.53. The Labute approximate surface area is 91.4 Å². The average Bonchev–Trinajstić information content (AvgIpc) is 2.25. The highest BCUT2D eigenvalue weighted by Crippen LogP contribution is 2.53. The monoisotopic (exact) mass is 226 g/mol. The zero-order valence-corrected chi connectivity index (χ0v) is 9.92. The van der Waals surface area contributed by atoms with E-state index in [0.29, 0.717) is 0 Å². The molecular formula is C11H15O3P. The molecule has 0 aromatic rings. The van der Waals surface area contributed by atoms with Crippen LogP contribution in [-0.4, -0.2) is 18.9 Å². The van der Waals surface area contributed by atoms with Gasteiger partial charge in [0.2, 0.25) is 0 Å². The van der Waals surface area contributed by atoms with Crippen molar-refractivity contribution in [3.05, 3.63) is 12.7 Å². The molecule has 3 nitrogen and oxygen atoms in total. The summed E-state index contributed by atoms with van der Waals surface area (Å²) in [6.07, 6.45) is 6.54. The maximum Gasteiger partial charge on any atom is 0.339 e. The molecular weight excluding hydrogens is 211 g/mol. The lowest BCUT2D eigenvalue weighted by atomic mass is 10.5. The number of hydrogen-bond donors (Lipinski definition) is 0. The van der Waals surface area contributed by atoms with E-state index >= 15 is 0 Å². The molecule has 0 bridgehead atoms. The van der Waals surface area contributed by atoms with Crippen LogP contribution in [0.5, 0.6) is 0 Å². The van der Waals surface area contributed by atoms with Gasteiger partial charge >= 0.3 is 7.60 Å². The predicted molar refractivity (Wildman–Crippen MR) is 61.5 cm³/mol. The molecule has 15 heavy (non-hydrogen) atoms. The fourth-order valence-electron chi connectivity index (χ4n) is 0.723. The fraction of sp³-hybridized carbons (Fsp3) is 0.455. The molecule has 0 N–H and O–H groups in total. The molecule has 0 aliphatic carbocycles. The molecule has 0 aromatic heterocycles. The van der Waals surface area contributed by atoms with Gasteiger partial charge in [0.05, 0.1) is 5.66 Å². The van der Waals surface area contributed by atoms with Crippen LogP contribution in [-0.2, 0) is 13.6 Å². The van der Waals surface area contributed by atoms with Crippen molar-refractivity contribution < 1.29 is 13.6 Å². The van der Waals surface area contributed by atoms with Gasteiger partial charge in [-0.3, -0.25) is 13.6 Å². The molecule has 0 radical (unpaired) electrons. The Hall–Kier alpha value is -0.990. The Morgan fingerprint density at radius 2 is 2.13 bits per heavy atom. The highest BCUT2D eigenvalue weighted by molar-refractivity contribution is 7.54. The van der Waals surface area contributed by atoms with Crippen molar-refractivity contribution in [1.82, 2.24) is 0 Å². The van der Waals surface area contributed by atoms with Gasteiger partial charge in [-0.15, -0.1) is 18.9 Å². The molecule has 0 aliphatic rings. The zero-order valence-electron chi connectivity index (χ0n) is 9.03. The van der Waals surface area contributed by atoms with Crippen molar-refractivity contribution in [1.29, 1.82) is 0 Å². The molecule has 0 heterocycles. The van der Waals surface area contributed by atoms with E-state index in [4.69, 9.17) is 15.5 Å². The van der Waals surface area contributed by atoms with E-state index in [1.807, 2.05) is 0 Å². The lowest BCUT2D eigenvalue weighted by molar-refractivity contribution is 0.238. The largest absolute Gasteiger partial charge is 0.339 e. The van der Waals surface area contributed by atoms with Gasteiger partial charge < -0.3 is 0 Å². The van der Waals surface area contributed by atoms with Crippen molar-refractivity contribution in [3.8, 4) is 24.2 Å². The Morgan fingerprint density at radius 1 is 1.53 bits per heavy atom. The molecule has 4 heteroatoms. The van der Waals surface area contributed by atoms with E-state index in [1.165, 1.54) is 6.08 Å². The minimum absolute atomic E-state index is 0.0466. The van der Waals surface area contributed by atoms with Gasteiger partial charge in [-0.1, -0.05) is 17.9 Å². The third-order valence-electron chi connectivity index (χ3n) is 1.66. The van der Waals surface area contributed by atoms with E-state index in [-0.39, 0.29) is 13.2 Å². The smallest absolute Gasteiger partial charge is 0.295 e. The first-order valence-corrected chi connectivity index (χ1v) is 6.06. The van der Waals surface area contributed by atoms with Crippen molar-refractivity contribution in [2.24, 2.45) is 0 Å². The van der Waals surface area contributed by atoms with Gasteiger partial charge in [0.25, 0.3) is 0 Å². The first kappa shape index (κ1) is 14.0. The second-order valence-electron chi connectivity index (χ2n) is 2.69. The van der Waals surface area contributed by atoms with Gasteiger partial charge in [0.15, 0.2) is 0 Å². The van der Waals surface area contributed by atoms with Crippen molar-refractivity contribution in [3.63, 3.8) is 0 Å². The van der Waals surface area contributed by atoms with E-state index in [1.54, 1.807) is 13.8 Å². The van der Waals surface area contributed by atoms with Crippen molar-refractivity contribution in [2.45, 2.75) is 19.5 Å². The minimum atomic E-state index is -3.22. The summed E-state index contributed by atoms with van der Waals surface area (Å²) >= 11 is 0. The topological polar surface area (TPSA) is 35.5 Å². The van der Waals surface area contributed by atoms with Crippen molar-refractivity contribution >= 4 is 7.60 Å². The fourth-order valence-corrected chi connectivity index (χ4v) is 2.03. The summed E-state index contributed by atoms with van der Waals surface area (Å²) in [7, 11) is -3.22. The van der Waals surface area contributed by atoms with Crippen LogP contribution >= 0.6 is 7.60 Å². The van der Waals surface area contributed by atoms with Gasteiger partial charge in [0, 0.05) is 0 Å². The second kappa shape index (κ2) is 7.32. The molecule has 0 fully saturated rings. The van der Waals surface area contributed by atoms with Gasteiger partial charge in [-0.25, -0.2) is 0 Å². The van der Waals surface area contributed by atoms with Crippen LogP contribution in [0.15, 0.2) is 12.7 Å². The van der Waals surface area contributed by atoms with E-state index in [2.05, 4.69) is 24.3 Å². The van der Waals surface area contributed by atoms with Crippen LogP contribution in [0.3, 0.4) is 0 Å². The zero-order chi connectivity index (χ0) is 11.7. The summed E-state index contributed by atoms with van der Waals surface area (Å²) in [5.41, 5.74) is -0.399. The highest BCUT2D eigenvalue weighted by Gasteiger charge is 2.29. The van der Waals surface area contributed by atoms with E-state index < -0.39 is 13.3 Å². The lowest BCUT2D eigenvalue weighted by Gasteiger charge is -2.19. The molecule has 2 atom stereocenters. The molecule has 0 saturated carbocycles. The summed E-state index contributed by atoms with van der Waals surface area (Å²) < 4.78 is 22.3. The predicted octanol–water partition coefficient (Wildman–Crippen LogP) is 2.44. The van der Waals surface area contributed by atoms with Crippen LogP contribution in [0.4, 0.5) is 0 Å². The number of allylic oxidation sites excluding steroid dienone is 1. The highest BCUT2D eigenvalue weighted by atomic mass is 31.2. The van der Waals surface area contributed by atoms with Crippen LogP contribution in [0.2, 0.25) is 0 Å². The molecule has 0 saturated heterocycles. The van der Waals surface area contributed by atoms with Gasteiger partial charge in [-0.05, 0) is 13.8 Å². The van der Waals surface area contributed by atoms with Crippen molar-refractivity contribution in [2.75, 3.05) is 13.2 Å². The average molecular weight is 226 g/mol. The summed E-state index contributed by atoms with van der Waals surface area (Å²) in [5, 5.41) is 0. The normalized spacial score (nSPS) is 15.3. The Morgan fingerprint density at radius 3 is 2.60 bits per heavy atom. The maximum atomic E-state index is 12.1. The van der Waals surface area contributed by atoms with Crippen LogP contribution < -0.4 is 0 Å². The quantitative estimate of drug-likeness (QED) is 0.396. The molecule has 0 aromatic carbocycles. The molecule has 0 aliphatic heterocycles. The first-order valence-electron chi connectivity index (χ1n) is 4.45. The van der Waals surface area contributed by atoms with Gasteiger partial charge in [-0.2, -0.15) is 0 Å². The number of terminal acetylenes is 1. The summed E-state index contributed by atoms with van der Waals surface area (Å²) in [6.45, 7) is 6.93. The van der Waals surface area contributed by atoms with Gasteiger partial charge in [0.1, 0.15) is 13.2 Å². The van der Waals surface area contributed by atoms with E-state index in [9.17, 15) is 4.57 Å². The SMILES string of the molecule is C#CCOP(=O)(OCC#CC)C(C)C=C. The third-order valence-corrected chi connectivity index (χ3v) is 3.85. The lowest BCUT2D eigenvalue weighted by Crippen LogP contribution is -2.07. The number of hydrogen-bond acceptors (Lipinski definition) is 3. The molecule has 0 amide bonds. The molecule has 2 unspecified atom stereocenters. The Balaban J connectivity index is 4.53. The van der Waals surface area contributed by atoms with E-state index in [0.717, 1.165) is 0 Å². The maximum absolute atomic E-state index is 12.1. The molecule has 0 spiro atoms. The molecule has 82 valence electrons. The Kier molecular flexibility index (Phi) is 6.84. The number of rotatable bonds is 6. The standard InChI is InChI=1S/C11H15O3P/c1-5-8-10-14-15(12,11(4)7-3)13-9-6-2/h2,7,11H,3,9-10H2,1,4H3. The molecule has 0 rings (SSSR count). The van der Waals surface area contributed by atoms with Crippen LogP contribution in [0.1, 0.15) is 13.8 Å². The van der Waals surface area contributed by atoms with Crippen LogP contribution in [0.25, 0.3) is 0 Å². The first-order chi connectivity index (χ1) is 7.10. The summed E-state index contributed by atoms with van der Waals surface area (Å²) in [6, 6.07) is 0. The minimum Gasteiger partial charge on any atom is -0.295 e. The third kappa shape index (κ3) is 4.86.